The summed E-state index contributed by atoms with van der Waals surface area (Å²) in [4.78, 5) is 4.68. The maximum Gasteiger partial charge on any atom is 0.163 e. The van der Waals surface area contributed by atoms with E-state index in [4.69, 9.17) is 15.2 Å². The van der Waals surface area contributed by atoms with Crippen molar-refractivity contribution in [3.8, 4) is 11.5 Å². The SMILES string of the molecule is COc1cc2nc(C(C)N)n(CCC(C)C)c2cc1OC. The molecular formula is C16H25N3O2. The molecule has 1 unspecified atom stereocenters. The third kappa shape index (κ3) is 3.13. The summed E-state index contributed by atoms with van der Waals surface area (Å²) in [5.74, 6) is 2.94. The Kier molecular flexibility index (Phi) is 4.73. The molecular weight excluding hydrogens is 266 g/mol. The minimum atomic E-state index is -0.110. The van der Waals surface area contributed by atoms with Gasteiger partial charge in [-0.3, -0.25) is 0 Å². The van der Waals surface area contributed by atoms with Gasteiger partial charge in [0, 0.05) is 18.7 Å². The fourth-order valence-electron chi connectivity index (χ4n) is 2.44. The highest BCUT2D eigenvalue weighted by Crippen LogP contribution is 2.33. The van der Waals surface area contributed by atoms with Gasteiger partial charge in [-0.15, -0.1) is 0 Å². The highest BCUT2D eigenvalue weighted by molar-refractivity contribution is 5.80. The quantitative estimate of drug-likeness (QED) is 0.888. The van der Waals surface area contributed by atoms with Crippen LogP contribution in [-0.4, -0.2) is 23.8 Å². The maximum absolute atomic E-state index is 6.08. The molecule has 2 N–H and O–H groups in total. The number of aromatic nitrogens is 2. The van der Waals surface area contributed by atoms with Gasteiger partial charge >= 0.3 is 0 Å². The molecule has 0 saturated carbocycles. The number of ether oxygens (including phenoxy) is 2. The van der Waals surface area contributed by atoms with Gasteiger partial charge in [0.05, 0.1) is 31.3 Å². The lowest BCUT2D eigenvalue weighted by Crippen LogP contribution is -2.14. The van der Waals surface area contributed by atoms with Crippen molar-refractivity contribution in [2.75, 3.05) is 14.2 Å². The Balaban J connectivity index is 2.58. The first-order valence-corrected chi connectivity index (χ1v) is 7.35. The second kappa shape index (κ2) is 6.35. The van der Waals surface area contributed by atoms with Gasteiger partial charge in [-0.05, 0) is 19.3 Å². The highest BCUT2D eigenvalue weighted by Gasteiger charge is 2.17. The van der Waals surface area contributed by atoms with E-state index in [2.05, 4.69) is 23.4 Å². The average Bonchev–Trinajstić information content (AvgIpc) is 2.81. The molecule has 0 amide bonds. The Morgan fingerprint density at radius 2 is 1.76 bits per heavy atom. The molecule has 0 radical (unpaired) electrons. The minimum Gasteiger partial charge on any atom is -0.493 e. The van der Waals surface area contributed by atoms with E-state index >= 15 is 0 Å². The molecule has 0 bridgehead atoms. The van der Waals surface area contributed by atoms with Crippen LogP contribution in [0.25, 0.3) is 11.0 Å². The molecule has 2 rings (SSSR count). The van der Waals surface area contributed by atoms with Gasteiger partial charge in [-0.2, -0.15) is 0 Å². The van der Waals surface area contributed by atoms with E-state index in [-0.39, 0.29) is 6.04 Å². The average molecular weight is 291 g/mol. The Bertz CT molecular complexity index is 617. The largest absolute Gasteiger partial charge is 0.493 e. The molecule has 0 aliphatic heterocycles. The molecule has 1 atom stereocenters. The zero-order valence-corrected chi connectivity index (χ0v) is 13.5. The van der Waals surface area contributed by atoms with Gasteiger partial charge in [-0.25, -0.2) is 4.98 Å². The number of hydrogen-bond acceptors (Lipinski definition) is 4. The number of methoxy groups -OCH3 is 2. The fourth-order valence-corrected chi connectivity index (χ4v) is 2.44. The van der Waals surface area contributed by atoms with Crippen LogP contribution in [0.15, 0.2) is 12.1 Å². The lowest BCUT2D eigenvalue weighted by Gasteiger charge is -2.13. The van der Waals surface area contributed by atoms with Crippen LogP contribution in [0.3, 0.4) is 0 Å². The summed E-state index contributed by atoms with van der Waals surface area (Å²) in [6.07, 6.45) is 1.08. The van der Waals surface area contributed by atoms with Crippen LogP contribution in [0.4, 0.5) is 0 Å². The van der Waals surface area contributed by atoms with Crippen LogP contribution >= 0.6 is 0 Å². The van der Waals surface area contributed by atoms with Crippen molar-refractivity contribution in [1.29, 1.82) is 0 Å². The zero-order valence-electron chi connectivity index (χ0n) is 13.5. The molecule has 0 fully saturated rings. The third-order valence-electron chi connectivity index (χ3n) is 3.62. The van der Waals surface area contributed by atoms with E-state index in [1.165, 1.54) is 0 Å². The molecule has 1 aromatic carbocycles. The highest BCUT2D eigenvalue weighted by atomic mass is 16.5. The fraction of sp³-hybridized carbons (Fsp3) is 0.562. The molecule has 21 heavy (non-hydrogen) atoms. The molecule has 1 heterocycles. The Morgan fingerprint density at radius 3 is 2.29 bits per heavy atom. The van der Waals surface area contributed by atoms with E-state index in [1.807, 2.05) is 19.1 Å². The number of imidazole rings is 1. The van der Waals surface area contributed by atoms with Gasteiger partial charge in [0.2, 0.25) is 0 Å². The van der Waals surface area contributed by atoms with Crippen molar-refractivity contribution in [3.63, 3.8) is 0 Å². The van der Waals surface area contributed by atoms with Crippen LogP contribution in [0.2, 0.25) is 0 Å². The molecule has 1 aromatic heterocycles. The van der Waals surface area contributed by atoms with Crippen molar-refractivity contribution in [1.82, 2.24) is 9.55 Å². The molecule has 2 aromatic rings. The topological polar surface area (TPSA) is 62.3 Å². The van der Waals surface area contributed by atoms with E-state index < -0.39 is 0 Å². The van der Waals surface area contributed by atoms with E-state index in [1.54, 1.807) is 14.2 Å². The normalized spacial score (nSPS) is 12.9. The van der Waals surface area contributed by atoms with E-state index in [0.717, 1.165) is 29.8 Å². The number of fused-ring (bicyclic) bond motifs is 1. The second-order valence-electron chi connectivity index (χ2n) is 5.79. The number of nitrogens with two attached hydrogens (primary N) is 1. The van der Waals surface area contributed by atoms with Gasteiger partial charge in [0.15, 0.2) is 11.5 Å². The second-order valence-corrected chi connectivity index (χ2v) is 5.79. The number of nitrogens with zero attached hydrogens (tertiary/aromatic N) is 2. The van der Waals surface area contributed by atoms with Crippen LogP contribution in [-0.2, 0) is 6.54 Å². The van der Waals surface area contributed by atoms with Crippen LogP contribution in [0, 0.1) is 5.92 Å². The molecule has 0 spiro atoms. The first-order valence-electron chi connectivity index (χ1n) is 7.35. The summed E-state index contributed by atoms with van der Waals surface area (Å²) in [5, 5.41) is 0. The molecule has 116 valence electrons. The van der Waals surface area contributed by atoms with Crippen LogP contribution in [0.5, 0.6) is 11.5 Å². The molecule has 5 nitrogen and oxygen atoms in total. The summed E-state index contributed by atoms with van der Waals surface area (Å²) in [6.45, 7) is 7.30. The summed E-state index contributed by atoms with van der Waals surface area (Å²) in [7, 11) is 3.27. The van der Waals surface area contributed by atoms with Crippen LogP contribution in [0.1, 0.15) is 39.1 Å². The Morgan fingerprint density at radius 1 is 1.14 bits per heavy atom. The van der Waals surface area contributed by atoms with Gasteiger partial charge < -0.3 is 19.8 Å². The summed E-state index contributed by atoms with van der Waals surface area (Å²) < 4.78 is 12.9. The summed E-state index contributed by atoms with van der Waals surface area (Å²) >= 11 is 0. The van der Waals surface area contributed by atoms with Gasteiger partial charge in [0.25, 0.3) is 0 Å². The molecule has 5 heteroatoms. The smallest absolute Gasteiger partial charge is 0.163 e. The van der Waals surface area contributed by atoms with E-state index in [9.17, 15) is 0 Å². The third-order valence-corrected chi connectivity index (χ3v) is 3.62. The van der Waals surface area contributed by atoms with Crippen molar-refractivity contribution < 1.29 is 9.47 Å². The number of benzene rings is 1. The number of rotatable bonds is 6. The zero-order chi connectivity index (χ0) is 15.6. The van der Waals surface area contributed by atoms with Crippen molar-refractivity contribution >= 4 is 11.0 Å². The van der Waals surface area contributed by atoms with Gasteiger partial charge in [0.1, 0.15) is 5.82 Å². The lowest BCUT2D eigenvalue weighted by molar-refractivity contribution is 0.355. The van der Waals surface area contributed by atoms with Crippen molar-refractivity contribution in [3.05, 3.63) is 18.0 Å². The monoisotopic (exact) mass is 291 g/mol. The minimum absolute atomic E-state index is 0.110. The lowest BCUT2D eigenvalue weighted by atomic mass is 10.1. The maximum atomic E-state index is 6.08. The van der Waals surface area contributed by atoms with Crippen molar-refractivity contribution in [2.45, 2.75) is 39.8 Å². The Hall–Kier alpha value is -1.75. The van der Waals surface area contributed by atoms with E-state index in [0.29, 0.717) is 17.4 Å². The Labute approximate surface area is 126 Å². The molecule has 0 aliphatic carbocycles. The predicted molar refractivity (Wildman–Crippen MR) is 84.9 cm³/mol. The number of aryl methyl sites for hydroxylation is 1. The van der Waals surface area contributed by atoms with Crippen molar-refractivity contribution in [2.24, 2.45) is 11.7 Å². The first kappa shape index (κ1) is 15.6. The van der Waals surface area contributed by atoms with Crippen LogP contribution < -0.4 is 15.2 Å². The standard InChI is InChI=1S/C16H25N3O2/c1-10(2)6-7-19-13-9-15(21-5)14(20-4)8-12(13)18-16(19)11(3)17/h8-11H,6-7,17H2,1-5H3. The molecule has 0 saturated heterocycles. The molecule has 0 aliphatic rings. The summed E-state index contributed by atoms with van der Waals surface area (Å²) in [5.41, 5.74) is 8.01. The predicted octanol–water partition coefficient (Wildman–Crippen LogP) is 3.12. The van der Waals surface area contributed by atoms with Gasteiger partial charge in [-0.1, -0.05) is 13.8 Å². The summed E-state index contributed by atoms with van der Waals surface area (Å²) in [6, 6.07) is 3.78. The first-order chi connectivity index (χ1) is 9.97. The number of hydrogen-bond donors (Lipinski definition) is 1.